The molecule has 0 bridgehead atoms. The van der Waals surface area contributed by atoms with Crippen LogP contribution >= 0.6 is 0 Å². The molecule has 3 aromatic carbocycles. The molecule has 8 heteroatoms. The maximum atomic E-state index is 12.9. The van der Waals surface area contributed by atoms with E-state index in [1.165, 1.54) is 19.1 Å². The topological polar surface area (TPSA) is 75.4 Å². The summed E-state index contributed by atoms with van der Waals surface area (Å²) in [7, 11) is 0. The van der Waals surface area contributed by atoms with Crippen molar-refractivity contribution in [1.82, 2.24) is 4.98 Å². The number of oxazole rings is 1. The van der Waals surface area contributed by atoms with Crippen LogP contribution in [-0.2, 0) is 11.0 Å². The Labute approximate surface area is 181 Å². The van der Waals surface area contributed by atoms with E-state index in [-0.39, 0.29) is 23.2 Å². The third-order valence-corrected chi connectivity index (χ3v) is 4.75. The molecule has 2 N–H and O–H groups in total. The van der Waals surface area contributed by atoms with Crippen LogP contribution in [0.3, 0.4) is 0 Å². The van der Waals surface area contributed by atoms with Crippen LogP contribution in [0.1, 0.15) is 12.5 Å². The maximum absolute atomic E-state index is 12.9. The van der Waals surface area contributed by atoms with E-state index in [1.54, 1.807) is 48.5 Å². The van der Waals surface area contributed by atoms with Crippen LogP contribution in [0.2, 0.25) is 0 Å². The summed E-state index contributed by atoms with van der Waals surface area (Å²) in [6.07, 6.45) is -4.47. The zero-order chi connectivity index (χ0) is 22.9. The number of phenols is 1. The number of alkyl halides is 3. The van der Waals surface area contributed by atoms with Gasteiger partial charge in [0.05, 0.1) is 5.56 Å². The molecule has 1 amide bonds. The number of benzene rings is 3. The van der Waals surface area contributed by atoms with E-state index < -0.39 is 17.6 Å². The fraction of sp³-hybridized carbons (Fsp3) is 0.0833. The van der Waals surface area contributed by atoms with E-state index in [9.17, 15) is 23.1 Å². The van der Waals surface area contributed by atoms with Gasteiger partial charge in [0.25, 0.3) is 0 Å². The summed E-state index contributed by atoms with van der Waals surface area (Å²) in [5.74, 6) is -0.201. The van der Waals surface area contributed by atoms with E-state index >= 15 is 0 Å². The molecule has 0 atom stereocenters. The number of phenolic OH excluding ortho intramolecular Hbond substituents is 1. The Bertz CT molecular complexity index is 1280. The molecule has 5 nitrogen and oxygen atoms in total. The third kappa shape index (κ3) is 4.20. The molecule has 4 aromatic rings. The van der Waals surface area contributed by atoms with Crippen molar-refractivity contribution < 1.29 is 27.5 Å². The summed E-state index contributed by atoms with van der Waals surface area (Å²) < 4.78 is 44.6. The molecule has 0 aliphatic rings. The van der Waals surface area contributed by atoms with Crippen LogP contribution in [0, 0.1) is 0 Å². The highest BCUT2D eigenvalue weighted by Gasteiger charge is 2.30. The summed E-state index contributed by atoms with van der Waals surface area (Å²) in [6.45, 7) is 1.29. The predicted octanol–water partition coefficient (Wildman–Crippen LogP) is 6.36. The smallest absolute Gasteiger partial charge is 0.416 e. The van der Waals surface area contributed by atoms with E-state index in [0.717, 1.165) is 12.1 Å². The van der Waals surface area contributed by atoms with Crippen molar-refractivity contribution in [2.75, 3.05) is 5.32 Å². The lowest BCUT2D eigenvalue weighted by atomic mass is 9.99. The van der Waals surface area contributed by atoms with Crippen LogP contribution in [-0.4, -0.2) is 16.0 Å². The lowest BCUT2D eigenvalue weighted by molar-refractivity contribution is -0.137. The lowest BCUT2D eigenvalue weighted by Crippen LogP contribution is -2.06. The highest BCUT2D eigenvalue weighted by atomic mass is 19.4. The molecule has 4 rings (SSSR count). The van der Waals surface area contributed by atoms with Crippen LogP contribution in [0.4, 0.5) is 19.1 Å². The Morgan fingerprint density at radius 2 is 1.50 bits per heavy atom. The number of carbonyl (C=O) groups excluding carboxylic acids is 1. The Kier molecular flexibility index (Phi) is 5.44. The molecule has 162 valence electrons. The molecule has 0 aliphatic carbocycles. The Morgan fingerprint density at radius 1 is 0.906 bits per heavy atom. The first-order valence-electron chi connectivity index (χ1n) is 9.58. The molecule has 0 unspecified atom stereocenters. The van der Waals surface area contributed by atoms with Crippen molar-refractivity contribution in [3.63, 3.8) is 0 Å². The number of aromatic hydroxyl groups is 1. The summed E-state index contributed by atoms with van der Waals surface area (Å²) in [5.41, 5.74) is 1.47. The number of nitrogens with zero attached hydrogens (tertiary/aromatic N) is 1. The fourth-order valence-electron chi connectivity index (χ4n) is 3.30. The Hall–Kier alpha value is -4.07. The summed E-state index contributed by atoms with van der Waals surface area (Å²) in [5, 5.41) is 12.8. The average molecular weight is 438 g/mol. The number of amides is 1. The zero-order valence-corrected chi connectivity index (χ0v) is 16.8. The standard InChI is InChI=1S/C24H17F3N2O3/c1-14(30)28-23-21(15-10-12-16(13-11-15)24(25,26)27)29-22(32-23)19-8-3-2-6-17(19)18-7-4-5-9-20(18)31/h2-13,31H,1H3,(H,28,30). The molecule has 0 spiro atoms. The molecule has 0 fully saturated rings. The van der Waals surface area contributed by atoms with Gasteiger partial charge in [0.2, 0.25) is 17.7 Å². The van der Waals surface area contributed by atoms with Gasteiger partial charge in [-0.25, -0.2) is 4.98 Å². The van der Waals surface area contributed by atoms with E-state index in [1.807, 2.05) is 0 Å². The fourth-order valence-corrected chi connectivity index (χ4v) is 3.30. The van der Waals surface area contributed by atoms with Gasteiger partial charge in [0.1, 0.15) is 11.4 Å². The summed E-state index contributed by atoms with van der Waals surface area (Å²) in [6, 6.07) is 18.3. The van der Waals surface area contributed by atoms with Gasteiger partial charge in [-0.2, -0.15) is 13.2 Å². The van der Waals surface area contributed by atoms with Crippen molar-refractivity contribution in [2.45, 2.75) is 13.1 Å². The number of hydrogen-bond donors (Lipinski definition) is 2. The van der Waals surface area contributed by atoms with Gasteiger partial charge in [0.15, 0.2) is 0 Å². The second-order valence-electron chi connectivity index (χ2n) is 7.02. The van der Waals surface area contributed by atoms with Gasteiger partial charge in [-0.3, -0.25) is 10.1 Å². The van der Waals surface area contributed by atoms with Crippen LogP contribution in [0.15, 0.2) is 77.2 Å². The molecule has 0 saturated heterocycles. The zero-order valence-electron chi connectivity index (χ0n) is 16.8. The average Bonchev–Trinajstić information content (AvgIpc) is 3.16. The minimum atomic E-state index is -4.47. The monoisotopic (exact) mass is 438 g/mol. The molecule has 1 heterocycles. The van der Waals surface area contributed by atoms with Gasteiger partial charge >= 0.3 is 6.18 Å². The number of hydrogen-bond acceptors (Lipinski definition) is 4. The lowest BCUT2D eigenvalue weighted by Gasteiger charge is -2.08. The first-order chi connectivity index (χ1) is 15.2. The van der Waals surface area contributed by atoms with Crippen molar-refractivity contribution in [3.8, 4) is 39.6 Å². The van der Waals surface area contributed by atoms with Gasteiger partial charge in [0, 0.05) is 23.6 Å². The molecule has 0 aliphatic heterocycles. The number of anilines is 1. The van der Waals surface area contributed by atoms with E-state index in [0.29, 0.717) is 22.3 Å². The van der Waals surface area contributed by atoms with Crippen molar-refractivity contribution in [1.29, 1.82) is 0 Å². The summed E-state index contributed by atoms with van der Waals surface area (Å²) >= 11 is 0. The molecular formula is C24H17F3N2O3. The summed E-state index contributed by atoms with van der Waals surface area (Å²) in [4.78, 5) is 16.1. The number of para-hydroxylation sites is 1. The van der Waals surface area contributed by atoms with Gasteiger partial charge < -0.3 is 9.52 Å². The van der Waals surface area contributed by atoms with Crippen LogP contribution in [0.5, 0.6) is 5.75 Å². The third-order valence-electron chi connectivity index (χ3n) is 4.75. The quantitative estimate of drug-likeness (QED) is 0.389. The Balaban J connectivity index is 1.84. The highest BCUT2D eigenvalue weighted by Crippen LogP contribution is 2.40. The number of rotatable bonds is 4. The highest BCUT2D eigenvalue weighted by molar-refractivity contribution is 5.92. The second-order valence-corrected chi connectivity index (χ2v) is 7.02. The van der Waals surface area contributed by atoms with Gasteiger partial charge in [-0.15, -0.1) is 0 Å². The minimum absolute atomic E-state index is 0.0133. The van der Waals surface area contributed by atoms with Crippen molar-refractivity contribution in [3.05, 3.63) is 78.4 Å². The predicted molar refractivity (Wildman–Crippen MR) is 114 cm³/mol. The van der Waals surface area contributed by atoms with Crippen molar-refractivity contribution in [2.24, 2.45) is 0 Å². The normalized spacial score (nSPS) is 11.4. The second kappa shape index (κ2) is 8.22. The molecular weight excluding hydrogens is 421 g/mol. The molecule has 0 radical (unpaired) electrons. The number of carbonyl (C=O) groups is 1. The van der Waals surface area contributed by atoms with Crippen LogP contribution < -0.4 is 5.32 Å². The van der Waals surface area contributed by atoms with Gasteiger partial charge in [-0.05, 0) is 29.8 Å². The molecule has 1 aromatic heterocycles. The van der Waals surface area contributed by atoms with Crippen molar-refractivity contribution >= 4 is 11.8 Å². The first kappa shape index (κ1) is 21.2. The van der Waals surface area contributed by atoms with E-state index in [2.05, 4.69) is 10.3 Å². The number of aromatic nitrogens is 1. The molecule has 0 saturated carbocycles. The first-order valence-corrected chi connectivity index (χ1v) is 9.58. The number of halogens is 3. The van der Waals surface area contributed by atoms with Gasteiger partial charge in [-0.1, -0.05) is 48.5 Å². The SMILES string of the molecule is CC(=O)Nc1oc(-c2ccccc2-c2ccccc2O)nc1-c1ccc(C(F)(F)F)cc1. The number of nitrogens with one attached hydrogen (secondary N) is 1. The van der Waals surface area contributed by atoms with Crippen LogP contribution in [0.25, 0.3) is 33.8 Å². The largest absolute Gasteiger partial charge is 0.507 e. The minimum Gasteiger partial charge on any atom is -0.507 e. The van der Waals surface area contributed by atoms with E-state index in [4.69, 9.17) is 4.42 Å². The molecule has 32 heavy (non-hydrogen) atoms. The maximum Gasteiger partial charge on any atom is 0.416 e. The Morgan fingerprint density at radius 3 is 2.09 bits per heavy atom.